The Morgan fingerprint density at radius 1 is 1.24 bits per heavy atom. The fourth-order valence-electron chi connectivity index (χ4n) is 1.56. The van der Waals surface area contributed by atoms with E-state index in [1.165, 1.54) is 6.20 Å². The number of para-hydroxylation sites is 1. The summed E-state index contributed by atoms with van der Waals surface area (Å²) in [5.41, 5.74) is 2.24. The summed E-state index contributed by atoms with van der Waals surface area (Å²) in [6.07, 6.45) is 2.41. The van der Waals surface area contributed by atoms with Crippen LogP contribution in [0.1, 0.15) is 23.0 Å². The number of carbonyl (C=O) groups is 1. The van der Waals surface area contributed by atoms with E-state index in [1.54, 1.807) is 12.1 Å². The minimum absolute atomic E-state index is 0.237. The van der Waals surface area contributed by atoms with Crippen molar-refractivity contribution in [3.05, 3.63) is 53.9 Å². The molecule has 1 amide bonds. The van der Waals surface area contributed by atoms with Crippen molar-refractivity contribution in [1.82, 2.24) is 10.2 Å². The van der Waals surface area contributed by atoms with Crippen LogP contribution in [0.2, 0.25) is 0 Å². The molecule has 1 aromatic carbocycles. The van der Waals surface area contributed by atoms with Gasteiger partial charge < -0.3 is 5.32 Å². The zero-order chi connectivity index (χ0) is 12.1. The van der Waals surface area contributed by atoms with Crippen molar-refractivity contribution in [3.8, 4) is 0 Å². The maximum absolute atomic E-state index is 11.9. The predicted molar refractivity (Wildman–Crippen MR) is 65.8 cm³/mol. The van der Waals surface area contributed by atoms with Gasteiger partial charge in [-0.2, -0.15) is 5.10 Å². The Hall–Kier alpha value is -2.23. The topological polar surface area (TPSA) is 54.9 Å². The molecule has 4 heteroatoms. The Bertz CT molecular complexity index is 511. The van der Waals surface area contributed by atoms with E-state index in [0.29, 0.717) is 5.69 Å². The average molecular weight is 227 g/mol. The number of nitrogens with one attached hydrogen (secondary N) is 1. The van der Waals surface area contributed by atoms with Crippen LogP contribution in [-0.2, 0) is 6.42 Å². The third-order valence-electron chi connectivity index (χ3n) is 2.45. The molecule has 0 unspecified atom stereocenters. The van der Waals surface area contributed by atoms with Gasteiger partial charge in [0.05, 0.1) is 0 Å². The van der Waals surface area contributed by atoms with Gasteiger partial charge in [0.2, 0.25) is 0 Å². The van der Waals surface area contributed by atoms with Crippen LogP contribution in [0.15, 0.2) is 42.6 Å². The van der Waals surface area contributed by atoms with Crippen LogP contribution in [-0.4, -0.2) is 16.1 Å². The lowest BCUT2D eigenvalue weighted by Crippen LogP contribution is -2.15. The van der Waals surface area contributed by atoms with Gasteiger partial charge in [-0.1, -0.05) is 25.1 Å². The van der Waals surface area contributed by atoms with Gasteiger partial charge in [0.25, 0.3) is 5.91 Å². The summed E-state index contributed by atoms with van der Waals surface area (Å²) < 4.78 is 0. The summed E-state index contributed by atoms with van der Waals surface area (Å²) in [6.45, 7) is 2.05. The Kier molecular flexibility index (Phi) is 3.45. The van der Waals surface area contributed by atoms with Crippen molar-refractivity contribution in [2.75, 3.05) is 5.32 Å². The van der Waals surface area contributed by atoms with Gasteiger partial charge in [0.1, 0.15) is 0 Å². The summed E-state index contributed by atoms with van der Waals surface area (Å²) >= 11 is 0. The summed E-state index contributed by atoms with van der Waals surface area (Å²) in [4.78, 5) is 11.9. The Morgan fingerprint density at radius 2 is 2.06 bits per heavy atom. The van der Waals surface area contributed by atoms with Crippen LogP contribution >= 0.6 is 0 Å². The number of aromatic nitrogens is 2. The molecule has 0 radical (unpaired) electrons. The molecule has 0 atom stereocenters. The highest BCUT2D eigenvalue weighted by atomic mass is 16.1. The maximum atomic E-state index is 11.9. The number of benzene rings is 1. The lowest BCUT2D eigenvalue weighted by molar-refractivity contribution is 0.102. The minimum Gasteiger partial charge on any atom is -0.320 e. The van der Waals surface area contributed by atoms with Crippen LogP contribution in [0.25, 0.3) is 0 Å². The van der Waals surface area contributed by atoms with Gasteiger partial charge in [-0.05, 0) is 30.2 Å². The Morgan fingerprint density at radius 3 is 2.76 bits per heavy atom. The van der Waals surface area contributed by atoms with Crippen molar-refractivity contribution in [3.63, 3.8) is 0 Å². The van der Waals surface area contributed by atoms with Crippen molar-refractivity contribution in [2.45, 2.75) is 13.3 Å². The molecule has 0 aliphatic heterocycles. The first-order valence-electron chi connectivity index (χ1n) is 5.48. The largest absolute Gasteiger partial charge is 0.320 e. The standard InChI is InChI=1S/C13H13N3O/c1-2-10-6-3-4-7-11(10)15-13(17)12-8-5-9-14-16-12/h3-9H,2H2,1H3,(H,15,17). The van der Waals surface area contributed by atoms with Crippen LogP contribution in [0.4, 0.5) is 5.69 Å². The number of anilines is 1. The van der Waals surface area contributed by atoms with E-state index in [0.717, 1.165) is 17.7 Å². The lowest BCUT2D eigenvalue weighted by Gasteiger charge is -2.08. The molecule has 4 nitrogen and oxygen atoms in total. The van der Waals surface area contributed by atoms with Crippen LogP contribution in [0.3, 0.4) is 0 Å². The van der Waals surface area contributed by atoms with Crippen molar-refractivity contribution in [1.29, 1.82) is 0 Å². The molecule has 2 rings (SSSR count). The second-order valence-electron chi connectivity index (χ2n) is 3.57. The van der Waals surface area contributed by atoms with E-state index in [2.05, 4.69) is 15.5 Å². The first-order chi connectivity index (χ1) is 8.31. The van der Waals surface area contributed by atoms with Gasteiger partial charge in [-0.25, -0.2) is 0 Å². The first kappa shape index (κ1) is 11.3. The van der Waals surface area contributed by atoms with E-state index < -0.39 is 0 Å². The van der Waals surface area contributed by atoms with Crippen molar-refractivity contribution < 1.29 is 4.79 Å². The summed E-state index contributed by atoms with van der Waals surface area (Å²) in [7, 11) is 0. The zero-order valence-electron chi connectivity index (χ0n) is 9.55. The monoisotopic (exact) mass is 227 g/mol. The molecule has 1 heterocycles. The molecule has 17 heavy (non-hydrogen) atoms. The fourth-order valence-corrected chi connectivity index (χ4v) is 1.56. The molecule has 0 aliphatic carbocycles. The number of aryl methyl sites for hydroxylation is 1. The molecule has 1 aromatic heterocycles. The number of hydrogen-bond donors (Lipinski definition) is 1. The van der Waals surface area contributed by atoms with E-state index in [1.807, 2.05) is 31.2 Å². The summed E-state index contributed by atoms with van der Waals surface area (Å²) in [5.74, 6) is -0.237. The molecule has 0 fully saturated rings. The second kappa shape index (κ2) is 5.21. The minimum atomic E-state index is -0.237. The molecule has 86 valence electrons. The van der Waals surface area contributed by atoms with Gasteiger partial charge in [-0.15, -0.1) is 5.10 Å². The quantitative estimate of drug-likeness (QED) is 0.875. The highest BCUT2D eigenvalue weighted by molar-refractivity contribution is 6.03. The van der Waals surface area contributed by atoms with Crippen LogP contribution in [0, 0.1) is 0 Å². The molecule has 1 N–H and O–H groups in total. The first-order valence-corrected chi connectivity index (χ1v) is 5.48. The van der Waals surface area contributed by atoms with E-state index in [4.69, 9.17) is 0 Å². The molecular formula is C13H13N3O. The Labute approximate surface area is 99.7 Å². The maximum Gasteiger partial charge on any atom is 0.276 e. The summed E-state index contributed by atoms with van der Waals surface area (Å²) in [6, 6.07) is 11.0. The van der Waals surface area contributed by atoms with E-state index >= 15 is 0 Å². The number of carbonyl (C=O) groups excluding carboxylic acids is 1. The smallest absolute Gasteiger partial charge is 0.276 e. The number of rotatable bonds is 3. The molecule has 0 saturated carbocycles. The third-order valence-corrected chi connectivity index (χ3v) is 2.45. The molecular weight excluding hydrogens is 214 g/mol. The van der Waals surface area contributed by atoms with Gasteiger partial charge in [-0.3, -0.25) is 4.79 Å². The number of nitrogens with zero attached hydrogens (tertiary/aromatic N) is 2. The molecule has 0 aliphatic rings. The molecule has 0 bridgehead atoms. The van der Waals surface area contributed by atoms with Crippen LogP contribution in [0.5, 0.6) is 0 Å². The van der Waals surface area contributed by atoms with Gasteiger partial charge in [0.15, 0.2) is 5.69 Å². The number of amides is 1. The molecule has 0 spiro atoms. The SMILES string of the molecule is CCc1ccccc1NC(=O)c1cccnn1. The lowest BCUT2D eigenvalue weighted by atomic mass is 10.1. The van der Waals surface area contributed by atoms with Crippen LogP contribution < -0.4 is 5.32 Å². The predicted octanol–water partition coefficient (Wildman–Crippen LogP) is 2.29. The van der Waals surface area contributed by atoms with Crippen molar-refractivity contribution in [2.24, 2.45) is 0 Å². The molecule has 2 aromatic rings. The number of hydrogen-bond acceptors (Lipinski definition) is 3. The normalized spacial score (nSPS) is 9.94. The Balaban J connectivity index is 2.19. The summed E-state index contributed by atoms with van der Waals surface area (Å²) in [5, 5.41) is 10.3. The second-order valence-corrected chi connectivity index (χ2v) is 3.57. The van der Waals surface area contributed by atoms with E-state index in [-0.39, 0.29) is 5.91 Å². The van der Waals surface area contributed by atoms with Gasteiger partial charge >= 0.3 is 0 Å². The highest BCUT2D eigenvalue weighted by Crippen LogP contribution is 2.15. The van der Waals surface area contributed by atoms with Gasteiger partial charge in [0, 0.05) is 11.9 Å². The zero-order valence-corrected chi connectivity index (χ0v) is 9.55. The highest BCUT2D eigenvalue weighted by Gasteiger charge is 2.08. The third kappa shape index (κ3) is 2.66. The van der Waals surface area contributed by atoms with E-state index in [9.17, 15) is 4.79 Å². The fraction of sp³-hybridized carbons (Fsp3) is 0.154. The molecule has 0 saturated heterocycles. The average Bonchev–Trinajstić information content (AvgIpc) is 2.40. The van der Waals surface area contributed by atoms with Crippen molar-refractivity contribution >= 4 is 11.6 Å².